The van der Waals surface area contributed by atoms with Gasteiger partial charge in [-0.3, -0.25) is 19.3 Å². The Balaban J connectivity index is 1.63. The van der Waals surface area contributed by atoms with Gasteiger partial charge in [-0.15, -0.1) is 4.91 Å². The highest BCUT2D eigenvalue weighted by Gasteiger charge is 2.33. The number of piperidine rings is 1. The molecule has 36 heavy (non-hydrogen) atoms. The van der Waals surface area contributed by atoms with Gasteiger partial charge in [-0.1, -0.05) is 24.0 Å². The summed E-state index contributed by atoms with van der Waals surface area (Å²) < 4.78 is 0. The van der Waals surface area contributed by atoms with Crippen LogP contribution in [0.4, 0.5) is 0 Å². The molecule has 10 heteroatoms. The van der Waals surface area contributed by atoms with E-state index in [1.165, 1.54) is 19.7 Å². The monoisotopic (exact) mass is 491 g/mol. The second kappa shape index (κ2) is 12.6. The molecule has 188 valence electrons. The second-order valence-corrected chi connectivity index (χ2v) is 8.53. The largest absolute Gasteiger partial charge is 0.393 e. The molecule has 1 atom stereocenters. The molecule has 0 radical (unpaired) electrons. The average molecular weight is 492 g/mol. The van der Waals surface area contributed by atoms with Gasteiger partial charge in [0.1, 0.15) is 0 Å². The number of hydrogen-bond acceptors (Lipinski definition) is 7. The van der Waals surface area contributed by atoms with Crippen molar-refractivity contribution in [3.8, 4) is 11.8 Å². The molecule has 1 aliphatic rings. The van der Waals surface area contributed by atoms with Crippen LogP contribution < -0.4 is 10.7 Å². The van der Waals surface area contributed by atoms with E-state index < -0.39 is 23.8 Å². The summed E-state index contributed by atoms with van der Waals surface area (Å²) in [5.41, 5.74) is 4.65. The van der Waals surface area contributed by atoms with E-state index in [0.717, 1.165) is 42.9 Å². The van der Waals surface area contributed by atoms with E-state index >= 15 is 0 Å². The Labute approximate surface area is 209 Å². The lowest BCUT2D eigenvalue weighted by molar-refractivity contribution is -0.135. The first-order valence-electron chi connectivity index (χ1n) is 11.5. The number of nitrogens with one attached hydrogen (secondary N) is 2. The molecule has 3 amide bonds. The van der Waals surface area contributed by atoms with Crippen molar-refractivity contribution < 1.29 is 19.5 Å². The smallest absolute Gasteiger partial charge is 0.275 e. The van der Waals surface area contributed by atoms with E-state index in [2.05, 4.69) is 27.3 Å². The van der Waals surface area contributed by atoms with Crippen LogP contribution in [-0.2, 0) is 16.1 Å². The van der Waals surface area contributed by atoms with Crippen LogP contribution in [0.1, 0.15) is 39.9 Å². The SMILES string of the molecule is CNC(=O)C(C(=O)NN=O)N(C)C(=O)c1ccc(C#Cc2ccc(CN3CCC(O)CC3)cc2)cc1. The zero-order valence-electron chi connectivity index (χ0n) is 20.2. The first-order valence-corrected chi connectivity index (χ1v) is 11.5. The molecule has 1 fully saturated rings. The standard InChI is InChI=1S/C26H29N5O5/c1-27-24(33)23(25(34)28-29-36)30(2)26(35)21-11-9-19(10-12-21)4-3-18-5-7-20(8-6-18)17-31-15-13-22(32)14-16-31/h5-12,22-23,32H,13-17H2,1-2H3,(H,27,33)(H,28,34,36). The summed E-state index contributed by atoms with van der Waals surface area (Å²) in [5.74, 6) is 3.81. The maximum Gasteiger partial charge on any atom is 0.275 e. The van der Waals surface area contributed by atoms with Gasteiger partial charge in [0.15, 0.2) is 6.04 Å². The van der Waals surface area contributed by atoms with Crippen molar-refractivity contribution in [1.29, 1.82) is 0 Å². The molecule has 1 saturated heterocycles. The molecule has 1 unspecified atom stereocenters. The molecule has 0 spiro atoms. The Morgan fingerprint density at radius 3 is 2.11 bits per heavy atom. The number of hydrogen-bond donors (Lipinski definition) is 3. The highest BCUT2D eigenvalue weighted by atomic mass is 16.3. The molecule has 3 N–H and O–H groups in total. The first kappa shape index (κ1) is 26.5. The fraction of sp³-hybridized carbons (Fsp3) is 0.346. The number of aliphatic hydroxyl groups excluding tert-OH is 1. The Bertz CT molecular complexity index is 1150. The van der Waals surface area contributed by atoms with Crippen molar-refractivity contribution in [2.45, 2.75) is 31.5 Å². The third-order valence-corrected chi connectivity index (χ3v) is 6.01. The van der Waals surface area contributed by atoms with Crippen LogP contribution in [0.2, 0.25) is 0 Å². The van der Waals surface area contributed by atoms with Crippen molar-refractivity contribution in [1.82, 2.24) is 20.5 Å². The van der Waals surface area contributed by atoms with Crippen LogP contribution in [-0.4, -0.2) is 72.0 Å². The number of carbonyl (C=O) groups excluding carboxylic acids is 3. The minimum absolute atomic E-state index is 0.182. The summed E-state index contributed by atoms with van der Waals surface area (Å²) in [4.78, 5) is 50.5. The minimum atomic E-state index is -1.55. The van der Waals surface area contributed by atoms with Crippen LogP contribution in [0.5, 0.6) is 0 Å². The van der Waals surface area contributed by atoms with Crippen molar-refractivity contribution in [3.05, 3.63) is 75.7 Å². The van der Waals surface area contributed by atoms with Gasteiger partial charge in [0.2, 0.25) is 0 Å². The molecule has 2 aromatic rings. The molecule has 2 aromatic carbocycles. The Morgan fingerprint density at radius 1 is 1.03 bits per heavy atom. The number of rotatable bonds is 7. The number of carbonyl (C=O) groups is 3. The van der Waals surface area contributed by atoms with Gasteiger partial charge < -0.3 is 15.3 Å². The summed E-state index contributed by atoms with van der Waals surface area (Å²) in [6.45, 7) is 2.64. The number of benzene rings is 2. The fourth-order valence-electron chi connectivity index (χ4n) is 3.90. The van der Waals surface area contributed by atoms with Gasteiger partial charge in [-0.2, -0.15) is 0 Å². The van der Waals surface area contributed by atoms with Gasteiger partial charge in [0, 0.05) is 50.4 Å². The quantitative estimate of drug-likeness (QED) is 0.229. The van der Waals surface area contributed by atoms with Crippen LogP contribution >= 0.6 is 0 Å². The van der Waals surface area contributed by atoms with Gasteiger partial charge in [-0.05, 0) is 54.8 Å². The van der Waals surface area contributed by atoms with E-state index in [-0.39, 0.29) is 11.7 Å². The van der Waals surface area contributed by atoms with Crippen molar-refractivity contribution in [3.63, 3.8) is 0 Å². The number of likely N-dealkylation sites (N-methyl/N-ethyl adjacent to an activating group) is 2. The third kappa shape index (κ3) is 6.97. The number of nitroso groups, excluding NO2 is 1. The van der Waals surface area contributed by atoms with E-state index in [4.69, 9.17) is 0 Å². The fourth-order valence-corrected chi connectivity index (χ4v) is 3.90. The van der Waals surface area contributed by atoms with E-state index in [1.54, 1.807) is 29.7 Å². The Hall–Kier alpha value is -4.07. The third-order valence-electron chi connectivity index (χ3n) is 6.01. The first-order chi connectivity index (χ1) is 17.3. The normalized spacial score (nSPS) is 14.6. The van der Waals surface area contributed by atoms with Crippen LogP contribution in [0, 0.1) is 16.7 Å². The predicted molar refractivity (Wildman–Crippen MR) is 133 cm³/mol. The molecular weight excluding hydrogens is 462 g/mol. The highest BCUT2D eigenvalue weighted by molar-refractivity contribution is 6.08. The average Bonchev–Trinajstić information content (AvgIpc) is 2.89. The van der Waals surface area contributed by atoms with Crippen molar-refractivity contribution >= 4 is 17.7 Å². The van der Waals surface area contributed by atoms with Crippen LogP contribution in [0.3, 0.4) is 0 Å². The number of amides is 3. The van der Waals surface area contributed by atoms with Crippen LogP contribution in [0.25, 0.3) is 0 Å². The molecular formula is C26H29N5O5. The number of nitrogens with zero attached hydrogens (tertiary/aromatic N) is 3. The number of likely N-dealkylation sites (tertiary alicyclic amines) is 1. The van der Waals surface area contributed by atoms with E-state index in [1.807, 2.05) is 24.3 Å². The topological polar surface area (TPSA) is 131 Å². The predicted octanol–water partition coefficient (Wildman–Crippen LogP) is 1.03. The zero-order chi connectivity index (χ0) is 26.1. The lowest BCUT2D eigenvalue weighted by Crippen LogP contribution is -2.54. The Morgan fingerprint density at radius 2 is 1.58 bits per heavy atom. The van der Waals surface area contributed by atoms with Crippen molar-refractivity contribution in [2.75, 3.05) is 27.2 Å². The zero-order valence-corrected chi connectivity index (χ0v) is 20.2. The summed E-state index contributed by atoms with van der Waals surface area (Å²) in [5, 5.41) is 14.2. The Kier molecular flexibility index (Phi) is 9.27. The van der Waals surface area contributed by atoms with Gasteiger partial charge in [0.05, 0.1) is 11.4 Å². The molecule has 1 heterocycles. The second-order valence-electron chi connectivity index (χ2n) is 8.53. The van der Waals surface area contributed by atoms with Crippen LogP contribution in [0.15, 0.2) is 53.8 Å². The lowest BCUT2D eigenvalue weighted by atomic mass is 10.1. The molecule has 1 aliphatic heterocycles. The van der Waals surface area contributed by atoms with Gasteiger partial charge >= 0.3 is 0 Å². The summed E-state index contributed by atoms with van der Waals surface area (Å²) in [6, 6.07) is 12.9. The molecule has 0 bridgehead atoms. The summed E-state index contributed by atoms with van der Waals surface area (Å²) in [6.07, 6.45) is 1.44. The molecule has 3 rings (SSSR count). The summed E-state index contributed by atoms with van der Waals surface area (Å²) >= 11 is 0. The van der Waals surface area contributed by atoms with Gasteiger partial charge in [0.25, 0.3) is 17.7 Å². The van der Waals surface area contributed by atoms with E-state index in [9.17, 15) is 24.4 Å². The molecule has 10 nitrogen and oxygen atoms in total. The van der Waals surface area contributed by atoms with E-state index in [0.29, 0.717) is 5.56 Å². The summed E-state index contributed by atoms with van der Waals surface area (Å²) in [7, 11) is 2.61. The van der Waals surface area contributed by atoms with Gasteiger partial charge in [-0.25, -0.2) is 5.43 Å². The highest BCUT2D eigenvalue weighted by Crippen LogP contribution is 2.14. The number of aliphatic hydroxyl groups is 1. The maximum atomic E-state index is 12.8. The lowest BCUT2D eigenvalue weighted by Gasteiger charge is -2.29. The minimum Gasteiger partial charge on any atom is -0.393 e. The van der Waals surface area contributed by atoms with Crippen molar-refractivity contribution in [2.24, 2.45) is 5.29 Å². The molecule has 0 aromatic heterocycles. The maximum absolute atomic E-state index is 12.8. The molecule has 0 saturated carbocycles. The molecule has 0 aliphatic carbocycles.